The second-order valence-corrected chi connectivity index (χ2v) is 8.04. The minimum absolute atomic E-state index is 0. The molecule has 1 fully saturated rings. The maximum Gasteiger partial charge on any atom is 0.286 e. The van der Waals surface area contributed by atoms with E-state index in [2.05, 4.69) is 16.5 Å². The molecule has 1 N–H and O–H groups in total. The number of ether oxygens (including phenoxy) is 1. The normalized spacial score (nSPS) is 12.6. The molecule has 0 unspecified atom stereocenters. The summed E-state index contributed by atoms with van der Waals surface area (Å²) in [5, 5.41) is 7.56. The van der Waals surface area contributed by atoms with Crippen molar-refractivity contribution in [2.75, 3.05) is 0 Å². The van der Waals surface area contributed by atoms with E-state index in [0.717, 1.165) is 41.2 Å². The summed E-state index contributed by atoms with van der Waals surface area (Å²) in [7, 11) is 0. The number of halogens is 1. The van der Waals surface area contributed by atoms with Gasteiger partial charge < -0.3 is 27.0 Å². The minimum Gasteiger partial charge on any atom is -1.00 e. The maximum absolute atomic E-state index is 12.2. The summed E-state index contributed by atoms with van der Waals surface area (Å²) in [4.78, 5) is 12.2. The number of carbonyl (C=O) groups is 1. The van der Waals surface area contributed by atoms with Gasteiger partial charge in [-0.2, -0.15) is 9.67 Å². The van der Waals surface area contributed by atoms with Crippen LogP contribution >= 0.6 is 0 Å². The summed E-state index contributed by atoms with van der Waals surface area (Å²) in [6, 6.07) is 24.2. The zero-order chi connectivity index (χ0) is 21.8. The Balaban J connectivity index is 0.00000259. The predicted octanol–water partition coefficient (Wildman–Crippen LogP) is 0.961. The van der Waals surface area contributed by atoms with Crippen LogP contribution in [0.3, 0.4) is 0 Å². The van der Waals surface area contributed by atoms with Gasteiger partial charge in [-0.25, -0.2) is 0 Å². The fraction of sp³-hybridized carbons (Fsp3) is 0.192. The molecule has 1 saturated carbocycles. The molecule has 33 heavy (non-hydrogen) atoms. The summed E-state index contributed by atoms with van der Waals surface area (Å²) >= 11 is 0. The van der Waals surface area contributed by atoms with E-state index < -0.39 is 0 Å². The SMILES string of the molecule is O=C(C[n+]1cccc(-c2ccnn2Cc2cccc(Oc3ccccc3)c2)c1)NC1CC1.[Br-]. The number of hydrogen-bond acceptors (Lipinski definition) is 3. The number of benzene rings is 2. The Morgan fingerprint density at radius 2 is 1.85 bits per heavy atom. The average Bonchev–Trinajstić information content (AvgIpc) is 3.49. The highest BCUT2D eigenvalue weighted by atomic mass is 79.9. The molecular formula is C26H25BrN4O2. The second kappa shape index (κ2) is 10.4. The standard InChI is InChI=1S/C26H24N4O2.BrH/c31-26(28-22-11-12-22)19-29-15-5-7-21(18-29)25-13-14-27-30(25)17-20-6-4-10-24(16-20)32-23-8-2-1-3-9-23;/h1-10,13-16,18,22H,11-12,17,19H2;1H. The van der Waals surface area contributed by atoms with Gasteiger partial charge in [0.2, 0.25) is 6.54 Å². The minimum atomic E-state index is 0. The van der Waals surface area contributed by atoms with Crippen LogP contribution in [0.4, 0.5) is 0 Å². The molecule has 2 aromatic carbocycles. The van der Waals surface area contributed by atoms with Gasteiger partial charge in [-0.1, -0.05) is 30.3 Å². The molecule has 5 rings (SSSR count). The number of para-hydroxylation sites is 1. The van der Waals surface area contributed by atoms with E-state index >= 15 is 0 Å². The van der Waals surface area contributed by atoms with Gasteiger partial charge in [0.15, 0.2) is 12.4 Å². The fourth-order valence-corrected chi connectivity index (χ4v) is 3.65. The van der Waals surface area contributed by atoms with Crippen molar-refractivity contribution in [1.82, 2.24) is 15.1 Å². The molecule has 2 heterocycles. The second-order valence-electron chi connectivity index (χ2n) is 8.04. The first-order valence-electron chi connectivity index (χ1n) is 10.9. The molecule has 0 spiro atoms. The van der Waals surface area contributed by atoms with Crippen LogP contribution in [0, 0.1) is 0 Å². The third-order valence-electron chi connectivity index (χ3n) is 5.35. The molecule has 0 radical (unpaired) electrons. The first-order valence-corrected chi connectivity index (χ1v) is 10.9. The average molecular weight is 505 g/mol. The molecule has 0 aliphatic heterocycles. The van der Waals surface area contributed by atoms with E-state index in [0.29, 0.717) is 19.1 Å². The Morgan fingerprint density at radius 3 is 2.67 bits per heavy atom. The lowest BCUT2D eigenvalue weighted by atomic mass is 10.2. The number of rotatable bonds is 8. The van der Waals surface area contributed by atoms with Gasteiger partial charge >= 0.3 is 0 Å². The van der Waals surface area contributed by atoms with Gasteiger partial charge in [-0.05, 0) is 54.8 Å². The Bertz CT molecular complexity index is 1220. The van der Waals surface area contributed by atoms with Crippen molar-refractivity contribution in [2.45, 2.75) is 32.0 Å². The molecule has 0 saturated heterocycles. The van der Waals surface area contributed by atoms with Gasteiger partial charge in [0.1, 0.15) is 11.5 Å². The predicted molar refractivity (Wildman–Crippen MR) is 121 cm³/mol. The Morgan fingerprint density at radius 1 is 1.03 bits per heavy atom. The topological polar surface area (TPSA) is 60.0 Å². The van der Waals surface area contributed by atoms with Crippen LogP contribution in [0.5, 0.6) is 11.5 Å². The van der Waals surface area contributed by atoms with E-state index in [4.69, 9.17) is 4.74 Å². The van der Waals surface area contributed by atoms with Gasteiger partial charge in [-0.15, -0.1) is 0 Å². The first kappa shape index (κ1) is 22.7. The summed E-state index contributed by atoms with van der Waals surface area (Å²) in [5.41, 5.74) is 3.10. The lowest BCUT2D eigenvalue weighted by Gasteiger charge is -2.10. The van der Waals surface area contributed by atoms with E-state index in [1.807, 2.05) is 88.4 Å². The van der Waals surface area contributed by atoms with Crippen molar-refractivity contribution in [1.29, 1.82) is 0 Å². The molecule has 0 bridgehead atoms. The smallest absolute Gasteiger partial charge is 0.286 e. The zero-order valence-electron chi connectivity index (χ0n) is 18.1. The largest absolute Gasteiger partial charge is 1.00 e. The van der Waals surface area contributed by atoms with E-state index in [1.165, 1.54) is 0 Å². The highest BCUT2D eigenvalue weighted by Crippen LogP contribution is 2.24. The highest BCUT2D eigenvalue weighted by molar-refractivity contribution is 5.75. The molecule has 6 nitrogen and oxygen atoms in total. The Labute approximate surface area is 203 Å². The third-order valence-corrected chi connectivity index (χ3v) is 5.35. The monoisotopic (exact) mass is 504 g/mol. The van der Waals surface area contributed by atoms with Crippen LogP contribution in [0.2, 0.25) is 0 Å². The van der Waals surface area contributed by atoms with Crippen molar-refractivity contribution in [3.63, 3.8) is 0 Å². The number of aromatic nitrogens is 3. The van der Waals surface area contributed by atoms with Crippen molar-refractivity contribution >= 4 is 5.91 Å². The van der Waals surface area contributed by atoms with Crippen LogP contribution in [0.25, 0.3) is 11.3 Å². The number of hydrogen-bond donors (Lipinski definition) is 1. The molecule has 0 atom stereocenters. The summed E-state index contributed by atoms with van der Waals surface area (Å²) in [6.45, 7) is 0.933. The van der Waals surface area contributed by atoms with E-state index in [-0.39, 0.29) is 22.9 Å². The maximum atomic E-state index is 12.2. The molecule has 2 aromatic heterocycles. The number of carbonyl (C=O) groups excluding carboxylic acids is 1. The number of nitrogens with zero attached hydrogens (tertiary/aromatic N) is 3. The van der Waals surface area contributed by atoms with Crippen LogP contribution in [0.1, 0.15) is 18.4 Å². The molecule has 4 aromatic rings. The summed E-state index contributed by atoms with van der Waals surface area (Å²) < 4.78 is 9.85. The zero-order valence-corrected chi connectivity index (χ0v) is 19.7. The van der Waals surface area contributed by atoms with Crippen molar-refractivity contribution in [3.8, 4) is 22.8 Å². The van der Waals surface area contributed by atoms with Crippen LogP contribution < -0.4 is 31.6 Å². The Hall–Kier alpha value is -3.45. The summed E-state index contributed by atoms with van der Waals surface area (Å²) in [5.74, 6) is 1.66. The summed E-state index contributed by atoms with van der Waals surface area (Å²) in [6.07, 6.45) is 7.90. The number of nitrogens with one attached hydrogen (secondary N) is 1. The molecule has 1 aliphatic carbocycles. The van der Waals surface area contributed by atoms with Crippen molar-refractivity contribution in [2.24, 2.45) is 0 Å². The highest BCUT2D eigenvalue weighted by Gasteiger charge is 2.24. The molecule has 1 amide bonds. The van der Waals surface area contributed by atoms with Gasteiger partial charge in [0.25, 0.3) is 5.91 Å². The van der Waals surface area contributed by atoms with Gasteiger partial charge in [0.05, 0.1) is 17.8 Å². The third kappa shape index (κ3) is 6.08. The molecule has 7 heteroatoms. The van der Waals surface area contributed by atoms with E-state index in [9.17, 15) is 4.79 Å². The van der Waals surface area contributed by atoms with Gasteiger partial charge in [0, 0.05) is 18.3 Å². The molecule has 168 valence electrons. The lowest BCUT2D eigenvalue weighted by molar-refractivity contribution is -0.684. The molecular weight excluding hydrogens is 480 g/mol. The lowest BCUT2D eigenvalue weighted by Crippen LogP contribution is -3.00. The Kier molecular flexibility index (Phi) is 7.19. The molecule has 1 aliphatic rings. The van der Waals surface area contributed by atoms with Crippen LogP contribution in [0.15, 0.2) is 91.4 Å². The number of pyridine rings is 1. The van der Waals surface area contributed by atoms with E-state index in [1.54, 1.807) is 6.20 Å². The first-order chi connectivity index (χ1) is 15.7. The van der Waals surface area contributed by atoms with Crippen molar-refractivity contribution in [3.05, 3.63) is 97.0 Å². The van der Waals surface area contributed by atoms with Crippen LogP contribution in [-0.4, -0.2) is 21.7 Å². The van der Waals surface area contributed by atoms with Crippen molar-refractivity contribution < 1.29 is 31.1 Å². The van der Waals surface area contributed by atoms with Crippen LogP contribution in [-0.2, 0) is 17.9 Å². The fourth-order valence-electron chi connectivity index (χ4n) is 3.65. The number of amides is 1. The quantitative estimate of drug-likeness (QED) is 0.363. The van der Waals surface area contributed by atoms with Gasteiger partial charge in [-0.3, -0.25) is 9.48 Å².